The molecule has 4 fully saturated rings. The SMILES string of the molecule is CN=C(NC1CC2(CCCC2)Oc2ccccc21)NC1C2CCOC2C12CCC2.I. The lowest BCUT2D eigenvalue weighted by Crippen LogP contribution is -2.72. The third-order valence-electron chi connectivity index (χ3n) is 8.57. The smallest absolute Gasteiger partial charge is 0.191 e. The van der Waals surface area contributed by atoms with E-state index in [4.69, 9.17) is 9.47 Å². The number of benzene rings is 1. The fourth-order valence-corrected chi connectivity index (χ4v) is 7.01. The molecule has 2 heterocycles. The second-order valence-electron chi connectivity index (χ2n) is 9.96. The van der Waals surface area contributed by atoms with Crippen LogP contribution in [-0.2, 0) is 4.74 Å². The van der Waals surface area contributed by atoms with Crippen molar-refractivity contribution >= 4 is 29.9 Å². The third-order valence-corrected chi connectivity index (χ3v) is 8.57. The van der Waals surface area contributed by atoms with Gasteiger partial charge in [-0.1, -0.05) is 24.6 Å². The zero-order valence-electron chi connectivity index (χ0n) is 17.9. The molecule has 5 nitrogen and oxygen atoms in total. The number of aliphatic imine (C=N–C) groups is 1. The van der Waals surface area contributed by atoms with Gasteiger partial charge in [0.2, 0.25) is 0 Å². The summed E-state index contributed by atoms with van der Waals surface area (Å²) in [6.45, 7) is 0.928. The number of rotatable bonds is 2. The molecular formula is C24H34IN3O2. The number of para-hydroxylation sites is 1. The monoisotopic (exact) mass is 523 g/mol. The second kappa shape index (κ2) is 7.84. The number of hydrogen-bond donors (Lipinski definition) is 2. The molecule has 4 atom stereocenters. The van der Waals surface area contributed by atoms with Crippen molar-refractivity contribution in [3.63, 3.8) is 0 Å². The largest absolute Gasteiger partial charge is 0.487 e. The highest BCUT2D eigenvalue weighted by Gasteiger charge is 2.66. The van der Waals surface area contributed by atoms with Gasteiger partial charge in [-0.25, -0.2) is 0 Å². The van der Waals surface area contributed by atoms with Crippen LogP contribution in [0.15, 0.2) is 29.3 Å². The number of guanidine groups is 1. The van der Waals surface area contributed by atoms with E-state index in [1.165, 1.54) is 56.9 Å². The molecule has 2 N–H and O–H groups in total. The number of hydrogen-bond acceptors (Lipinski definition) is 3. The molecule has 0 amide bonds. The predicted molar refractivity (Wildman–Crippen MR) is 129 cm³/mol. The van der Waals surface area contributed by atoms with E-state index in [-0.39, 0.29) is 35.6 Å². The maximum absolute atomic E-state index is 6.54. The zero-order valence-corrected chi connectivity index (χ0v) is 20.2. The molecule has 0 radical (unpaired) electrons. The van der Waals surface area contributed by atoms with Gasteiger partial charge >= 0.3 is 0 Å². The van der Waals surface area contributed by atoms with Crippen LogP contribution in [0, 0.1) is 11.3 Å². The van der Waals surface area contributed by atoms with Crippen LogP contribution in [0.3, 0.4) is 0 Å². The maximum atomic E-state index is 6.54. The van der Waals surface area contributed by atoms with Crippen LogP contribution in [0.1, 0.15) is 69.4 Å². The van der Waals surface area contributed by atoms with Crippen molar-refractivity contribution in [2.75, 3.05) is 13.7 Å². The Balaban J connectivity index is 0.00000193. The first-order valence-corrected chi connectivity index (χ1v) is 11.6. The molecule has 164 valence electrons. The van der Waals surface area contributed by atoms with Crippen molar-refractivity contribution in [3.05, 3.63) is 29.8 Å². The van der Waals surface area contributed by atoms with Gasteiger partial charge in [0.25, 0.3) is 0 Å². The molecule has 0 bridgehead atoms. The molecule has 4 unspecified atom stereocenters. The van der Waals surface area contributed by atoms with Gasteiger partial charge in [0.15, 0.2) is 5.96 Å². The van der Waals surface area contributed by atoms with E-state index >= 15 is 0 Å². The van der Waals surface area contributed by atoms with Crippen LogP contribution >= 0.6 is 24.0 Å². The number of ether oxygens (including phenoxy) is 2. The molecule has 6 heteroatoms. The Hall–Kier alpha value is -1.02. The lowest BCUT2D eigenvalue weighted by Gasteiger charge is -2.63. The standard InChI is InChI=1S/C24H33N3O2.HI/c1-25-22(27-20-17-9-14-28-21(17)24(20)12-6-13-24)26-18-15-23(10-4-5-11-23)29-19-8-3-2-7-16(18)19;/h2-3,7-8,17-18,20-21H,4-6,9-15H2,1H3,(H2,25,26,27);1H. The minimum atomic E-state index is 0. The fraction of sp³-hybridized carbons (Fsp3) is 0.708. The topological polar surface area (TPSA) is 54.9 Å². The Bertz CT molecular complexity index is 818. The molecule has 2 spiro atoms. The van der Waals surface area contributed by atoms with E-state index in [2.05, 4.69) is 39.9 Å². The lowest BCUT2D eigenvalue weighted by atomic mass is 9.46. The Kier molecular flexibility index (Phi) is 5.45. The Morgan fingerprint density at radius 1 is 1.07 bits per heavy atom. The van der Waals surface area contributed by atoms with E-state index < -0.39 is 0 Å². The van der Waals surface area contributed by atoms with Crippen molar-refractivity contribution < 1.29 is 9.47 Å². The van der Waals surface area contributed by atoms with Crippen molar-refractivity contribution in [2.24, 2.45) is 16.3 Å². The quantitative estimate of drug-likeness (QED) is 0.339. The van der Waals surface area contributed by atoms with Gasteiger partial charge in [-0.15, -0.1) is 24.0 Å². The third kappa shape index (κ3) is 3.07. The van der Waals surface area contributed by atoms with Crippen LogP contribution in [0.5, 0.6) is 5.75 Å². The second-order valence-corrected chi connectivity index (χ2v) is 9.96. The van der Waals surface area contributed by atoms with Gasteiger partial charge in [0.05, 0.1) is 12.1 Å². The molecule has 1 aromatic carbocycles. The Labute approximate surface area is 196 Å². The number of nitrogens with one attached hydrogen (secondary N) is 2. The van der Waals surface area contributed by atoms with E-state index in [0.717, 1.165) is 24.7 Å². The first kappa shape index (κ1) is 20.9. The number of halogens is 1. The van der Waals surface area contributed by atoms with E-state index in [0.29, 0.717) is 23.5 Å². The van der Waals surface area contributed by atoms with E-state index in [9.17, 15) is 0 Å². The molecule has 3 saturated carbocycles. The summed E-state index contributed by atoms with van der Waals surface area (Å²) in [5.41, 5.74) is 1.63. The minimum absolute atomic E-state index is 0. The average molecular weight is 523 g/mol. The summed E-state index contributed by atoms with van der Waals surface area (Å²) >= 11 is 0. The van der Waals surface area contributed by atoms with Crippen LogP contribution in [0.4, 0.5) is 0 Å². The van der Waals surface area contributed by atoms with Gasteiger partial charge in [0.1, 0.15) is 11.4 Å². The van der Waals surface area contributed by atoms with Crippen LogP contribution in [0.2, 0.25) is 0 Å². The van der Waals surface area contributed by atoms with Gasteiger partial charge < -0.3 is 20.1 Å². The van der Waals surface area contributed by atoms with Crippen molar-refractivity contribution in [2.45, 2.75) is 81.6 Å². The normalized spacial score (nSPS) is 34.8. The Morgan fingerprint density at radius 2 is 1.87 bits per heavy atom. The molecular weight excluding hydrogens is 489 g/mol. The predicted octanol–water partition coefficient (Wildman–Crippen LogP) is 4.56. The molecule has 6 rings (SSSR count). The lowest BCUT2D eigenvalue weighted by molar-refractivity contribution is -0.171. The average Bonchev–Trinajstić information content (AvgIpc) is 3.32. The number of fused-ring (bicyclic) bond motifs is 3. The van der Waals surface area contributed by atoms with Crippen LogP contribution in [0.25, 0.3) is 0 Å². The first-order valence-electron chi connectivity index (χ1n) is 11.6. The van der Waals surface area contributed by atoms with Gasteiger partial charge in [-0.05, 0) is 51.0 Å². The summed E-state index contributed by atoms with van der Waals surface area (Å²) in [5, 5.41) is 7.64. The number of nitrogens with zero attached hydrogens (tertiary/aromatic N) is 1. The molecule has 0 aromatic heterocycles. The molecule has 3 aliphatic carbocycles. The molecule has 2 aliphatic heterocycles. The summed E-state index contributed by atoms with van der Waals surface area (Å²) in [6, 6.07) is 9.30. The van der Waals surface area contributed by atoms with Gasteiger partial charge in [-0.3, -0.25) is 4.99 Å². The highest BCUT2D eigenvalue weighted by molar-refractivity contribution is 14.0. The molecule has 1 aromatic rings. The summed E-state index contributed by atoms with van der Waals surface area (Å²) in [5.74, 6) is 2.65. The fourth-order valence-electron chi connectivity index (χ4n) is 7.01. The van der Waals surface area contributed by atoms with Crippen LogP contribution in [-0.4, -0.2) is 37.4 Å². The Morgan fingerprint density at radius 3 is 2.60 bits per heavy atom. The molecule has 5 aliphatic rings. The summed E-state index contributed by atoms with van der Waals surface area (Å²) in [4.78, 5) is 4.64. The van der Waals surface area contributed by atoms with Gasteiger partial charge in [-0.2, -0.15) is 0 Å². The van der Waals surface area contributed by atoms with Gasteiger partial charge in [0, 0.05) is 43.0 Å². The van der Waals surface area contributed by atoms with Crippen molar-refractivity contribution in [1.82, 2.24) is 10.6 Å². The summed E-state index contributed by atoms with van der Waals surface area (Å²) in [6.07, 6.45) is 11.5. The van der Waals surface area contributed by atoms with E-state index in [1.54, 1.807) is 0 Å². The van der Waals surface area contributed by atoms with Crippen molar-refractivity contribution in [3.8, 4) is 5.75 Å². The summed E-state index contributed by atoms with van der Waals surface area (Å²) < 4.78 is 12.6. The maximum Gasteiger partial charge on any atom is 0.191 e. The minimum Gasteiger partial charge on any atom is -0.487 e. The van der Waals surface area contributed by atoms with E-state index in [1.807, 2.05) is 7.05 Å². The highest BCUT2D eigenvalue weighted by atomic mass is 127. The molecule has 30 heavy (non-hydrogen) atoms. The molecule has 1 saturated heterocycles. The first-order chi connectivity index (χ1) is 14.2. The van der Waals surface area contributed by atoms with Crippen LogP contribution < -0.4 is 15.4 Å². The van der Waals surface area contributed by atoms with Crippen molar-refractivity contribution in [1.29, 1.82) is 0 Å². The highest BCUT2D eigenvalue weighted by Crippen LogP contribution is 2.62. The summed E-state index contributed by atoms with van der Waals surface area (Å²) in [7, 11) is 1.90. The zero-order chi connectivity index (χ0) is 19.5.